The van der Waals surface area contributed by atoms with Gasteiger partial charge in [-0.2, -0.15) is 0 Å². The van der Waals surface area contributed by atoms with Gasteiger partial charge >= 0.3 is 5.97 Å². The van der Waals surface area contributed by atoms with Crippen LogP contribution in [0.5, 0.6) is 0 Å². The molecule has 0 atom stereocenters. The molecule has 0 fully saturated rings. The first-order valence-corrected chi connectivity index (χ1v) is 5.61. The fourth-order valence-corrected chi connectivity index (χ4v) is 1.11. The molecule has 0 saturated carbocycles. The van der Waals surface area contributed by atoms with Crippen LogP contribution in [0.3, 0.4) is 0 Å². The molecule has 0 spiro atoms. The highest BCUT2D eigenvalue weighted by Gasteiger charge is 2.09. The van der Waals surface area contributed by atoms with E-state index in [0.29, 0.717) is 6.61 Å². The predicted molar refractivity (Wildman–Crippen MR) is 60.2 cm³/mol. The highest BCUT2D eigenvalue weighted by Crippen LogP contribution is 1.95. The first-order valence-electron chi connectivity index (χ1n) is 5.61. The van der Waals surface area contributed by atoms with E-state index in [2.05, 4.69) is 6.92 Å². The van der Waals surface area contributed by atoms with Crippen LogP contribution in [0.4, 0.5) is 0 Å². The molecule has 0 radical (unpaired) electrons. The third-order valence-electron chi connectivity index (χ3n) is 2.20. The average Bonchev–Trinajstić information content (AvgIpc) is 2.25. The number of carboxylic acid groups (broad SMARTS) is 1. The van der Waals surface area contributed by atoms with Gasteiger partial charge in [-0.25, -0.2) is 0 Å². The van der Waals surface area contributed by atoms with Gasteiger partial charge in [0.25, 0.3) is 0 Å². The predicted octanol–water partition coefficient (Wildman–Crippen LogP) is 1.13. The van der Waals surface area contributed by atoms with E-state index < -0.39 is 5.97 Å². The largest absolute Gasteiger partial charge is 0.481 e. The Morgan fingerprint density at radius 2 is 2.00 bits per heavy atom. The highest BCUT2D eigenvalue weighted by atomic mass is 16.5. The van der Waals surface area contributed by atoms with E-state index in [1.165, 1.54) is 4.90 Å². The summed E-state index contributed by atoms with van der Waals surface area (Å²) in [7, 11) is 1.58. The minimum Gasteiger partial charge on any atom is -0.481 e. The molecule has 0 rings (SSSR count). The zero-order valence-electron chi connectivity index (χ0n) is 10.1. The van der Waals surface area contributed by atoms with Gasteiger partial charge in [0.15, 0.2) is 0 Å². The van der Waals surface area contributed by atoms with Crippen LogP contribution in [0.2, 0.25) is 0 Å². The van der Waals surface area contributed by atoms with Crippen molar-refractivity contribution in [3.8, 4) is 0 Å². The van der Waals surface area contributed by atoms with Crippen LogP contribution >= 0.6 is 0 Å². The molecule has 5 nitrogen and oxygen atoms in total. The third kappa shape index (κ3) is 8.23. The molecule has 0 aliphatic carbocycles. The molecule has 16 heavy (non-hydrogen) atoms. The third-order valence-corrected chi connectivity index (χ3v) is 2.20. The summed E-state index contributed by atoms with van der Waals surface area (Å²) < 4.78 is 5.19. The number of likely N-dealkylation sites (N-methyl/N-ethyl adjacent to an activating group) is 1. The number of hydrogen-bond donors (Lipinski definition) is 1. The Hall–Kier alpha value is -1.10. The van der Waals surface area contributed by atoms with Gasteiger partial charge in [-0.05, 0) is 6.42 Å². The maximum Gasteiger partial charge on any atom is 0.305 e. The summed E-state index contributed by atoms with van der Waals surface area (Å²) in [6.45, 7) is 2.96. The van der Waals surface area contributed by atoms with E-state index in [1.807, 2.05) is 0 Å². The molecule has 0 saturated heterocycles. The van der Waals surface area contributed by atoms with Gasteiger partial charge in [-0.3, -0.25) is 9.59 Å². The monoisotopic (exact) mass is 231 g/mol. The lowest BCUT2D eigenvalue weighted by molar-refractivity contribution is -0.139. The van der Waals surface area contributed by atoms with Crippen LogP contribution in [0.15, 0.2) is 0 Å². The number of carboxylic acids is 1. The van der Waals surface area contributed by atoms with Crippen molar-refractivity contribution in [2.75, 3.05) is 26.8 Å². The van der Waals surface area contributed by atoms with E-state index in [-0.39, 0.29) is 25.5 Å². The van der Waals surface area contributed by atoms with Crippen LogP contribution in [0, 0.1) is 0 Å². The molecule has 0 aliphatic heterocycles. The van der Waals surface area contributed by atoms with E-state index >= 15 is 0 Å². The molecular weight excluding hydrogens is 210 g/mol. The summed E-state index contributed by atoms with van der Waals surface area (Å²) in [5.74, 6) is -1.07. The number of hydrogen-bond acceptors (Lipinski definition) is 3. The fraction of sp³-hybridized carbons (Fsp3) is 0.818. The van der Waals surface area contributed by atoms with Crippen molar-refractivity contribution in [2.24, 2.45) is 0 Å². The Labute approximate surface area is 96.4 Å². The summed E-state index contributed by atoms with van der Waals surface area (Å²) in [5, 5.41) is 8.45. The van der Waals surface area contributed by atoms with E-state index in [9.17, 15) is 9.59 Å². The molecule has 1 N–H and O–H groups in total. The first-order chi connectivity index (χ1) is 7.57. The Morgan fingerprint density at radius 1 is 1.31 bits per heavy atom. The average molecular weight is 231 g/mol. The smallest absolute Gasteiger partial charge is 0.305 e. The van der Waals surface area contributed by atoms with Crippen molar-refractivity contribution in [2.45, 2.75) is 32.6 Å². The summed E-state index contributed by atoms with van der Waals surface area (Å²) in [4.78, 5) is 23.1. The number of ether oxygens (including phenoxy) is 1. The SMILES string of the molecule is CCCCCOCC(=O)N(C)CCC(=O)O. The van der Waals surface area contributed by atoms with Gasteiger partial charge in [-0.15, -0.1) is 0 Å². The Balaban J connectivity index is 3.51. The molecular formula is C11H21NO4. The Kier molecular flexibility index (Phi) is 8.52. The first kappa shape index (κ1) is 14.9. The van der Waals surface area contributed by atoms with Crippen molar-refractivity contribution < 1.29 is 19.4 Å². The van der Waals surface area contributed by atoms with Crippen molar-refractivity contribution in [1.82, 2.24) is 4.90 Å². The topological polar surface area (TPSA) is 66.8 Å². The standard InChI is InChI=1S/C11H21NO4/c1-3-4-5-8-16-9-10(13)12(2)7-6-11(14)15/h3-9H2,1-2H3,(H,14,15). The minimum atomic E-state index is -0.900. The fourth-order valence-electron chi connectivity index (χ4n) is 1.11. The highest BCUT2D eigenvalue weighted by molar-refractivity contribution is 5.77. The quantitative estimate of drug-likeness (QED) is 0.604. The molecule has 0 heterocycles. The van der Waals surface area contributed by atoms with Crippen LogP contribution < -0.4 is 0 Å². The molecule has 1 amide bonds. The molecule has 94 valence electrons. The van der Waals surface area contributed by atoms with Gasteiger partial charge in [-0.1, -0.05) is 19.8 Å². The lowest BCUT2D eigenvalue weighted by Gasteiger charge is -2.15. The second-order valence-electron chi connectivity index (χ2n) is 3.72. The van der Waals surface area contributed by atoms with Crippen molar-refractivity contribution >= 4 is 11.9 Å². The zero-order valence-corrected chi connectivity index (χ0v) is 10.1. The second-order valence-corrected chi connectivity index (χ2v) is 3.72. The molecule has 0 aromatic rings. The van der Waals surface area contributed by atoms with Gasteiger partial charge in [0.2, 0.25) is 5.91 Å². The zero-order chi connectivity index (χ0) is 12.4. The van der Waals surface area contributed by atoms with Crippen molar-refractivity contribution in [1.29, 1.82) is 0 Å². The Bertz CT molecular complexity index is 218. The normalized spacial score (nSPS) is 10.1. The van der Waals surface area contributed by atoms with Crippen molar-refractivity contribution in [3.05, 3.63) is 0 Å². The van der Waals surface area contributed by atoms with Gasteiger partial charge in [0.1, 0.15) is 6.61 Å². The number of aliphatic carboxylic acids is 1. The molecule has 0 aromatic heterocycles. The number of carbonyl (C=O) groups excluding carboxylic acids is 1. The van der Waals surface area contributed by atoms with Crippen LogP contribution in [0.25, 0.3) is 0 Å². The molecule has 0 aromatic carbocycles. The lowest BCUT2D eigenvalue weighted by atomic mass is 10.3. The minimum absolute atomic E-state index is 0.0297. The number of rotatable bonds is 9. The maximum atomic E-state index is 11.4. The van der Waals surface area contributed by atoms with Crippen LogP contribution in [0.1, 0.15) is 32.6 Å². The summed E-state index contributed by atoms with van der Waals surface area (Å²) in [6, 6.07) is 0. The maximum absolute atomic E-state index is 11.4. The molecule has 5 heteroatoms. The van der Waals surface area contributed by atoms with Crippen LogP contribution in [-0.4, -0.2) is 48.7 Å². The second kappa shape index (κ2) is 9.15. The van der Waals surface area contributed by atoms with Gasteiger partial charge in [0, 0.05) is 20.2 Å². The Morgan fingerprint density at radius 3 is 2.56 bits per heavy atom. The van der Waals surface area contributed by atoms with Gasteiger partial charge in [0.05, 0.1) is 6.42 Å². The molecule has 0 bridgehead atoms. The van der Waals surface area contributed by atoms with Crippen molar-refractivity contribution in [3.63, 3.8) is 0 Å². The molecule has 0 unspecified atom stereocenters. The van der Waals surface area contributed by atoms with Gasteiger partial charge < -0.3 is 14.7 Å². The number of nitrogens with zero attached hydrogens (tertiary/aromatic N) is 1. The van der Waals surface area contributed by atoms with E-state index in [1.54, 1.807) is 7.05 Å². The van der Waals surface area contributed by atoms with E-state index in [4.69, 9.17) is 9.84 Å². The summed E-state index contributed by atoms with van der Waals surface area (Å²) in [6.07, 6.45) is 3.15. The summed E-state index contributed by atoms with van der Waals surface area (Å²) in [5.41, 5.74) is 0. The number of amides is 1. The van der Waals surface area contributed by atoms with Crippen LogP contribution in [-0.2, 0) is 14.3 Å². The van der Waals surface area contributed by atoms with E-state index in [0.717, 1.165) is 19.3 Å². The number of carbonyl (C=O) groups is 2. The number of unbranched alkanes of at least 4 members (excludes halogenated alkanes) is 2. The molecule has 0 aliphatic rings. The lowest BCUT2D eigenvalue weighted by Crippen LogP contribution is -2.32. The summed E-state index contributed by atoms with van der Waals surface area (Å²) >= 11 is 0.